The fourth-order valence-electron chi connectivity index (χ4n) is 2.66. The molecule has 1 fully saturated rings. The molecule has 1 unspecified atom stereocenters. The van der Waals surface area contributed by atoms with Crippen molar-refractivity contribution in [2.24, 2.45) is 5.92 Å². The lowest BCUT2D eigenvalue weighted by Crippen LogP contribution is -2.42. The van der Waals surface area contributed by atoms with Gasteiger partial charge in [-0.25, -0.2) is 4.98 Å². The molecule has 0 saturated carbocycles. The summed E-state index contributed by atoms with van der Waals surface area (Å²) in [7, 11) is -1.70. The summed E-state index contributed by atoms with van der Waals surface area (Å²) >= 11 is 0. The van der Waals surface area contributed by atoms with Crippen molar-refractivity contribution in [1.82, 2.24) is 4.98 Å². The summed E-state index contributed by atoms with van der Waals surface area (Å²) in [6, 6.07) is 3.73. The second-order valence-electron chi connectivity index (χ2n) is 8.28. The third-order valence-corrected chi connectivity index (χ3v) is 9.87. The molecule has 0 radical (unpaired) electrons. The summed E-state index contributed by atoms with van der Waals surface area (Å²) in [6.45, 7) is 17.6. The molecule has 134 valence electrons. The van der Waals surface area contributed by atoms with E-state index in [0.717, 1.165) is 31.9 Å². The Balaban J connectivity index is 1.93. The standard InChI is InChI=1S/C19H31FN2OSi/c1-7-8-16-9-10-17(21-18(16)20)22-12-11-15(13-22)14-23-24(5,6)19(2,3)4/h7,9-10,15H,1,8,11-14H2,2-6H3. The van der Waals surface area contributed by atoms with E-state index in [1.54, 1.807) is 6.08 Å². The van der Waals surface area contributed by atoms with Crippen LogP contribution in [0.1, 0.15) is 32.8 Å². The van der Waals surface area contributed by atoms with Gasteiger partial charge in [0.1, 0.15) is 5.82 Å². The largest absolute Gasteiger partial charge is 0.416 e. The molecule has 0 aromatic carbocycles. The van der Waals surface area contributed by atoms with Gasteiger partial charge in [0.15, 0.2) is 8.32 Å². The first-order chi connectivity index (χ1) is 11.1. The molecule has 2 heterocycles. The van der Waals surface area contributed by atoms with Gasteiger partial charge in [0.2, 0.25) is 5.95 Å². The van der Waals surface area contributed by atoms with Crippen LogP contribution in [0.25, 0.3) is 0 Å². The van der Waals surface area contributed by atoms with Gasteiger partial charge in [-0.15, -0.1) is 6.58 Å². The zero-order valence-corrected chi connectivity index (χ0v) is 16.7. The van der Waals surface area contributed by atoms with E-state index in [4.69, 9.17) is 4.43 Å². The van der Waals surface area contributed by atoms with E-state index in [1.807, 2.05) is 12.1 Å². The van der Waals surface area contributed by atoms with E-state index >= 15 is 0 Å². The van der Waals surface area contributed by atoms with Crippen molar-refractivity contribution in [3.8, 4) is 0 Å². The summed E-state index contributed by atoms with van der Waals surface area (Å²) < 4.78 is 20.4. The molecule has 1 atom stereocenters. The van der Waals surface area contributed by atoms with Crippen molar-refractivity contribution in [3.63, 3.8) is 0 Å². The number of halogens is 1. The third kappa shape index (κ3) is 4.45. The van der Waals surface area contributed by atoms with Gasteiger partial charge in [0.05, 0.1) is 0 Å². The first-order valence-electron chi connectivity index (χ1n) is 8.79. The monoisotopic (exact) mass is 350 g/mol. The van der Waals surface area contributed by atoms with E-state index in [1.165, 1.54) is 0 Å². The van der Waals surface area contributed by atoms with Crippen LogP contribution in [0.3, 0.4) is 0 Å². The summed E-state index contributed by atoms with van der Waals surface area (Å²) in [5, 5.41) is 0.233. The molecule has 0 aliphatic carbocycles. The minimum absolute atomic E-state index is 0.233. The summed E-state index contributed by atoms with van der Waals surface area (Å²) in [5.41, 5.74) is 0.603. The molecule has 1 aliphatic rings. The highest BCUT2D eigenvalue weighted by Crippen LogP contribution is 2.37. The fraction of sp³-hybridized carbons (Fsp3) is 0.632. The topological polar surface area (TPSA) is 25.4 Å². The van der Waals surface area contributed by atoms with Crippen molar-refractivity contribution >= 4 is 14.1 Å². The van der Waals surface area contributed by atoms with Crippen LogP contribution in [0.2, 0.25) is 18.1 Å². The van der Waals surface area contributed by atoms with Gasteiger partial charge in [-0.3, -0.25) is 0 Å². The summed E-state index contributed by atoms with van der Waals surface area (Å²) in [5.74, 6) is 0.848. The van der Waals surface area contributed by atoms with E-state index in [-0.39, 0.29) is 11.0 Å². The lowest BCUT2D eigenvalue weighted by molar-refractivity contribution is 0.238. The highest BCUT2D eigenvalue weighted by molar-refractivity contribution is 6.74. The average molecular weight is 351 g/mol. The van der Waals surface area contributed by atoms with Gasteiger partial charge in [0.25, 0.3) is 0 Å². The Labute approximate surface area is 147 Å². The normalized spacial score (nSPS) is 18.9. The Morgan fingerprint density at radius 1 is 1.42 bits per heavy atom. The van der Waals surface area contributed by atoms with E-state index < -0.39 is 8.32 Å². The molecule has 2 rings (SSSR count). The lowest BCUT2D eigenvalue weighted by Gasteiger charge is -2.37. The number of allylic oxidation sites excluding steroid dienone is 1. The molecule has 1 saturated heterocycles. The molecule has 1 aliphatic heterocycles. The van der Waals surface area contributed by atoms with Gasteiger partial charge in [-0.1, -0.05) is 32.9 Å². The quantitative estimate of drug-likeness (QED) is 0.419. The van der Waals surface area contributed by atoms with Crippen LogP contribution in [-0.4, -0.2) is 33.0 Å². The van der Waals surface area contributed by atoms with Crippen molar-refractivity contribution in [1.29, 1.82) is 0 Å². The zero-order valence-electron chi connectivity index (χ0n) is 15.7. The highest BCUT2D eigenvalue weighted by atomic mass is 28.4. The number of nitrogens with zero attached hydrogens (tertiary/aromatic N) is 2. The van der Waals surface area contributed by atoms with Crippen LogP contribution in [0.15, 0.2) is 24.8 Å². The molecule has 0 N–H and O–H groups in total. The van der Waals surface area contributed by atoms with E-state index in [0.29, 0.717) is 17.9 Å². The predicted octanol–water partition coefficient (Wildman–Crippen LogP) is 4.80. The maximum atomic E-state index is 14.0. The molecule has 5 heteroatoms. The first-order valence-corrected chi connectivity index (χ1v) is 11.7. The van der Waals surface area contributed by atoms with Crippen molar-refractivity contribution in [2.75, 3.05) is 24.6 Å². The predicted molar refractivity (Wildman–Crippen MR) is 102 cm³/mol. The van der Waals surface area contributed by atoms with Crippen LogP contribution in [0, 0.1) is 11.9 Å². The van der Waals surface area contributed by atoms with Gasteiger partial charge in [0, 0.05) is 31.2 Å². The Bertz CT molecular complexity index is 583. The highest BCUT2D eigenvalue weighted by Gasteiger charge is 2.38. The first kappa shape index (κ1) is 19.1. The second-order valence-corrected chi connectivity index (χ2v) is 13.1. The summed E-state index contributed by atoms with van der Waals surface area (Å²) in [6.07, 6.45) is 3.29. The molecule has 0 bridgehead atoms. The van der Waals surface area contributed by atoms with Crippen LogP contribution in [-0.2, 0) is 10.8 Å². The van der Waals surface area contributed by atoms with Crippen LogP contribution >= 0.6 is 0 Å². The smallest absolute Gasteiger partial charge is 0.218 e. The minimum atomic E-state index is -1.70. The van der Waals surface area contributed by atoms with Gasteiger partial charge < -0.3 is 9.33 Å². The molecular formula is C19H31FN2OSi. The molecule has 1 aromatic heterocycles. The number of rotatable bonds is 6. The molecule has 24 heavy (non-hydrogen) atoms. The Morgan fingerprint density at radius 2 is 2.12 bits per heavy atom. The van der Waals surface area contributed by atoms with Gasteiger partial charge >= 0.3 is 0 Å². The van der Waals surface area contributed by atoms with E-state index in [2.05, 4.69) is 50.3 Å². The van der Waals surface area contributed by atoms with E-state index in [9.17, 15) is 4.39 Å². The van der Waals surface area contributed by atoms with Gasteiger partial charge in [-0.2, -0.15) is 4.39 Å². The van der Waals surface area contributed by atoms with Crippen molar-refractivity contribution in [2.45, 2.75) is 51.7 Å². The fourth-order valence-corrected chi connectivity index (χ4v) is 3.74. The van der Waals surface area contributed by atoms with Crippen molar-refractivity contribution in [3.05, 3.63) is 36.3 Å². The number of hydrogen-bond donors (Lipinski definition) is 0. The summed E-state index contributed by atoms with van der Waals surface area (Å²) in [4.78, 5) is 6.30. The Kier molecular flexibility index (Phi) is 5.86. The number of pyridine rings is 1. The lowest BCUT2D eigenvalue weighted by atomic mass is 10.1. The zero-order chi connectivity index (χ0) is 18.0. The number of anilines is 1. The molecule has 1 aromatic rings. The van der Waals surface area contributed by atoms with Gasteiger partial charge in [-0.05, 0) is 37.0 Å². The third-order valence-electron chi connectivity index (χ3n) is 5.37. The molecule has 0 amide bonds. The van der Waals surface area contributed by atoms with Crippen LogP contribution in [0.4, 0.5) is 10.2 Å². The number of hydrogen-bond acceptors (Lipinski definition) is 3. The SMILES string of the molecule is C=CCc1ccc(N2CCC(CO[Si](C)(C)C(C)(C)C)C2)nc1F. The Hall–Kier alpha value is -1.20. The minimum Gasteiger partial charge on any atom is -0.416 e. The molecular weight excluding hydrogens is 319 g/mol. The second kappa shape index (κ2) is 7.36. The number of aromatic nitrogens is 1. The van der Waals surface area contributed by atoms with Crippen molar-refractivity contribution < 1.29 is 8.82 Å². The maximum Gasteiger partial charge on any atom is 0.218 e. The van der Waals surface area contributed by atoms with Crippen LogP contribution < -0.4 is 4.90 Å². The molecule has 0 spiro atoms. The maximum absolute atomic E-state index is 14.0. The Morgan fingerprint density at radius 3 is 2.71 bits per heavy atom. The average Bonchev–Trinajstić information content (AvgIpc) is 2.95. The molecule has 3 nitrogen and oxygen atoms in total. The van der Waals surface area contributed by atoms with Crippen LogP contribution in [0.5, 0.6) is 0 Å².